The van der Waals surface area contributed by atoms with Crippen LogP contribution < -0.4 is 10.5 Å². The molecule has 0 radical (unpaired) electrons. The molecule has 0 bridgehead atoms. The lowest BCUT2D eigenvalue weighted by atomic mass is 10.4. The summed E-state index contributed by atoms with van der Waals surface area (Å²) in [6.45, 7) is 0.944. The van der Waals surface area contributed by atoms with Gasteiger partial charge in [0, 0.05) is 19.7 Å². The molecule has 0 saturated carbocycles. The van der Waals surface area contributed by atoms with E-state index in [1.165, 1.54) is 17.5 Å². The van der Waals surface area contributed by atoms with E-state index < -0.39 is 10.2 Å². The standard InChI is InChI=1S/C8H16N4O3S/c1-12(6-2-4-9)16(13,14)11-7-8-3-5-10-15-8/h3,5,11H,2,4,6-7,9H2,1H3. The van der Waals surface area contributed by atoms with E-state index in [4.69, 9.17) is 10.3 Å². The number of hydrogen-bond donors (Lipinski definition) is 2. The van der Waals surface area contributed by atoms with Crippen molar-refractivity contribution in [2.45, 2.75) is 13.0 Å². The molecule has 0 amide bonds. The van der Waals surface area contributed by atoms with Gasteiger partial charge in [0.1, 0.15) is 0 Å². The van der Waals surface area contributed by atoms with Crippen molar-refractivity contribution in [1.82, 2.24) is 14.2 Å². The summed E-state index contributed by atoms with van der Waals surface area (Å²) in [5.74, 6) is 0.468. The van der Waals surface area contributed by atoms with Crippen LogP contribution in [-0.2, 0) is 16.8 Å². The van der Waals surface area contributed by atoms with Gasteiger partial charge < -0.3 is 10.3 Å². The maximum absolute atomic E-state index is 11.6. The Morgan fingerprint density at radius 2 is 2.38 bits per heavy atom. The molecule has 8 heteroatoms. The number of nitrogens with two attached hydrogens (primary N) is 1. The molecule has 0 aliphatic carbocycles. The van der Waals surface area contributed by atoms with Crippen LogP contribution in [0.3, 0.4) is 0 Å². The summed E-state index contributed by atoms with van der Waals surface area (Å²) < 4.78 is 31.7. The maximum atomic E-state index is 11.6. The summed E-state index contributed by atoms with van der Waals surface area (Å²) in [6, 6.07) is 1.60. The van der Waals surface area contributed by atoms with Crippen molar-refractivity contribution in [3.63, 3.8) is 0 Å². The summed E-state index contributed by atoms with van der Waals surface area (Å²) in [5.41, 5.74) is 5.31. The van der Waals surface area contributed by atoms with Gasteiger partial charge in [0.15, 0.2) is 5.76 Å². The molecule has 0 aromatic carbocycles. The molecule has 0 spiro atoms. The van der Waals surface area contributed by atoms with E-state index in [1.54, 1.807) is 6.07 Å². The Kier molecular flexibility index (Phi) is 4.87. The minimum absolute atomic E-state index is 0.0926. The van der Waals surface area contributed by atoms with E-state index in [-0.39, 0.29) is 6.54 Å². The zero-order valence-corrected chi connectivity index (χ0v) is 9.90. The van der Waals surface area contributed by atoms with Crippen molar-refractivity contribution in [2.24, 2.45) is 5.73 Å². The number of nitrogens with one attached hydrogen (secondary N) is 1. The van der Waals surface area contributed by atoms with Crippen LogP contribution in [0.15, 0.2) is 16.8 Å². The molecule has 1 aromatic heterocycles. The van der Waals surface area contributed by atoms with Crippen LogP contribution in [0.2, 0.25) is 0 Å². The highest BCUT2D eigenvalue weighted by Crippen LogP contribution is 2.00. The second-order valence-corrected chi connectivity index (χ2v) is 5.13. The topological polar surface area (TPSA) is 101 Å². The van der Waals surface area contributed by atoms with Crippen LogP contribution >= 0.6 is 0 Å². The number of rotatable bonds is 7. The first-order valence-electron chi connectivity index (χ1n) is 4.87. The lowest BCUT2D eigenvalue weighted by Crippen LogP contribution is -2.38. The summed E-state index contributed by atoms with van der Waals surface area (Å²) in [4.78, 5) is 0. The fourth-order valence-electron chi connectivity index (χ4n) is 1.04. The molecule has 1 rings (SSSR count). The Morgan fingerprint density at radius 1 is 1.62 bits per heavy atom. The molecule has 3 N–H and O–H groups in total. The van der Waals surface area contributed by atoms with Gasteiger partial charge in [0.25, 0.3) is 10.2 Å². The third-order valence-corrected chi connectivity index (χ3v) is 3.52. The van der Waals surface area contributed by atoms with E-state index >= 15 is 0 Å². The molecule has 0 saturated heterocycles. The average Bonchev–Trinajstić information content (AvgIpc) is 2.76. The van der Waals surface area contributed by atoms with Crippen LogP contribution in [-0.4, -0.2) is 38.0 Å². The van der Waals surface area contributed by atoms with Crippen molar-refractivity contribution in [2.75, 3.05) is 20.1 Å². The van der Waals surface area contributed by atoms with Gasteiger partial charge in [-0.05, 0) is 13.0 Å². The SMILES string of the molecule is CN(CCCN)S(=O)(=O)NCc1ccno1. The zero-order chi connectivity index (χ0) is 12.0. The number of aromatic nitrogens is 1. The Labute approximate surface area is 94.8 Å². The summed E-state index contributed by atoms with van der Waals surface area (Å²) in [6.07, 6.45) is 2.08. The van der Waals surface area contributed by atoms with Gasteiger partial charge in [-0.25, -0.2) is 0 Å². The van der Waals surface area contributed by atoms with Gasteiger partial charge >= 0.3 is 0 Å². The van der Waals surface area contributed by atoms with Crippen molar-refractivity contribution in [3.05, 3.63) is 18.0 Å². The molecule has 1 aromatic rings. The second kappa shape index (κ2) is 5.94. The first kappa shape index (κ1) is 13.1. The highest BCUT2D eigenvalue weighted by atomic mass is 32.2. The lowest BCUT2D eigenvalue weighted by molar-refractivity contribution is 0.377. The first-order chi connectivity index (χ1) is 7.56. The Bertz CT molecular complexity index is 389. The van der Waals surface area contributed by atoms with Gasteiger partial charge in [0.05, 0.1) is 12.7 Å². The van der Waals surface area contributed by atoms with E-state index in [0.29, 0.717) is 25.3 Å². The molecule has 0 fully saturated rings. The van der Waals surface area contributed by atoms with Crippen molar-refractivity contribution < 1.29 is 12.9 Å². The Hall–Kier alpha value is -0.960. The molecular weight excluding hydrogens is 232 g/mol. The molecule has 7 nitrogen and oxygen atoms in total. The van der Waals surface area contributed by atoms with Gasteiger partial charge in [-0.1, -0.05) is 5.16 Å². The minimum Gasteiger partial charge on any atom is -0.360 e. The third-order valence-electron chi connectivity index (χ3n) is 2.01. The molecular formula is C8H16N4O3S. The molecule has 0 unspecified atom stereocenters. The third kappa shape index (κ3) is 3.89. The van der Waals surface area contributed by atoms with Crippen LogP contribution in [0.4, 0.5) is 0 Å². The summed E-state index contributed by atoms with van der Waals surface area (Å²) in [5, 5.41) is 3.48. The van der Waals surface area contributed by atoms with Crippen LogP contribution in [0, 0.1) is 0 Å². The van der Waals surface area contributed by atoms with Crippen LogP contribution in [0.5, 0.6) is 0 Å². The average molecular weight is 248 g/mol. The fraction of sp³-hybridized carbons (Fsp3) is 0.625. The molecule has 1 heterocycles. The van der Waals surface area contributed by atoms with Gasteiger partial charge in [-0.15, -0.1) is 0 Å². The van der Waals surface area contributed by atoms with Crippen molar-refractivity contribution in [1.29, 1.82) is 0 Å². The molecule has 0 aliphatic heterocycles. The van der Waals surface area contributed by atoms with E-state index in [2.05, 4.69) is 9.88 Å². The van der Waals surface area contributed by atoms with E-state index in [0.717, 1.165) is 0 Å². The Morgan fingerprint density at radius 3 is 2.94 bits per heavy atom. The second-order valence-electron chi connectivity index (χ2n) is 3.27. The van der Waals surface area contributed by atoms with Gasteiger partial charge in [-0.3, -0.25) is 0 Å². The van der Waals surface area contributed by atoms with Crippen molar-refractivity contribution >= 4 is 10.2 Å². The number of nitrogens with zero attached hydrogens (tertiary/aromatic N) is 2. The molecule has 16 heavy (non-hydrogen) atoms. The monoisotopic (exact) mass is 248 g/mol. The molecule has 0 aliphatic rings. The number of hydrogen-bond acceptors (Lipinski definition) is 5. The van der Waals surface area contributed by atoms with Crippen LogP contribution in [0.1, 0.15) is 12.2 Å². The fourth-order valence-corrected chi connectivity index (χ4v) is 1.95. The predicted molar refractivity (Wildman–Crippen MR) is 58.6 cm³/mol. The van der Waals surface area contributed by atoms with Gasteiger partial charge in [-0.2, -0.15) is 17.4 Å². The molecule has 0 atom stereocenters. The van der Waals surface area contributed by atoms with Crippen LogP contribution in [0.25, 0.3) is 0 Å². The largest absolute Gasteiger partial charge is 0.360 e. The summed E-state index contributed by atoms with van der Waals surface area (Å²) >= 11 is 0. The smallest absolute Gasteiger partial charge is 0.279 e. The van der Waals surface area contributed by atoms with Gasteiger partial charge in [0.2, 0.25) is 0 Å². The lowest BCUT2D eigenvalue weighted by Gasteiger charge is -2.16. The summed E-state index contributed by atoms with van der Waals surface area (Å²) in [7, 11) is -1.97. The quantitative estimate of drug-likeness (QED) is 0.663. The highest BCUT2D eigenvalue weighted by molar-refractivity contribution is 7.87. The minimum atomic E-state index is -3.47. The van der Waals surface area contributed by atoms with Crippen molar-refractivity contribution in [3.8, 4) is 0 Å². The van der Waals surface area contributed by atoms with E-state index in [9.17, 15) is 8.42 Å². The first-order valence-corrected chi connectivity index (χ1v) is 6.31. The Balaban J connectivity index is 2.45. The predicted octanol–water partition coefficient (Wildman–Crippen LogP) is -0.710. The molecule has 92 valence electrons. The van der Waals surface area contributed by atoms with E-state index in [1.807, 2.05) is 0 Å². The maximum Gasteiger partial charge on any atom is 0.279 e. The zero-order valence-electron chi connectivity index (χ0n) is 9.09. The highest BCUT2D eigenvalue weighted by Gasteiger charge is 2.16. The normalized spacial score (nSPS) is 12.2.